The number of benzene rings is 1. The Hall–Kier alpha value is -2.69. The van der Waals surface area contributed by atoms with Gasteiger partial charge in [-0.3, -0.25) is 20.4 Å². The van der Waals surface area contributed by atoms with Crippen LogP contribution in [0.5, 0.6) is 0 Å². The molecule has 1 heterocycles. The highest BCUT2D eigenvalue weighted by molar-refractivity contribution is 7.89. The monoisotopic (exact) mass is 409 g/mol. The van der Waals surface area contributed by atoms with Gasteiger partial charge in [0.15, 0.2) is 0 Å². The molecule has 2 rings (SSSR count). The van der Waals surface area contributed by atoms with Crippen LogP contribution < -0.4 is 15.6 Å². The van der Waals surface area contributed by atoms with E-state index in [1.54, 1.807) is 26.8 Å². The van der Waals surface area contributed by atoms with Gasteiger partial charge in [0.1, 0.15) is 11.5 Å². The van der Waals surface area contributed by atoms with Gasteiger partial charge < -0.3 is 9.15 Å². The lowest BCUT2D eigenvalue weighted by Gasteiger charge is -2.13. The minimum atomic E-state index is -3.73. The van der Waals surface area contributed by atoms with Crippen LogP contribution in [-0.4, -0.2) is 40.0 Å². The molecule has 0 fully saturated rings. The van der Waals surface area contributed by atoms with E-state index in [1.807, 2.05) is 0 Å². The lowest BCUT2D eigenvalue weighted by molar-refractivity contribution is 0.0845. The molecule has 28 heavy (non-hydrogen) atoms. The van der Waals surface area contributed by atoms with Gasteiger partial charge >= 0.3 is 0 Å². The number of amides is 2. The fourth-order valence-corrected chi connectivity index (χ4v) is 3.74. The molecule has 0 saturated carbocycles. The number of sulfonamides is 1. The van der Waals surface area contributed by atoms with Gasteiger partial charge in [0.25, 0.3) is 11.8 Å². The third kappa shape index (κ3) is 5.41. The molecule has 2 aromatic rings. The molecule has 0 aliphatic carbocycles. The molecule has 0 aliphatic heterocycles. The van der Waals surface area contributed by atoms with E-state index in [1.165, 1.54) is 31.4 Å². The molecule has 1 aromatic carbocycles. The van der Waals surface area contributed by atoms with Gasteiger partial charge in [-0.2, -0.15) is 0 Å². The van der Waals surface area contributed by atoms with Crippen molar-refractivity contribution >= 4 is 21.8 Å². The van der Waals surface area contributed by atoms with E-state index >= 15 is 0 Å². The van der Waals surface area contributed by atoms with E-state index in [4.69, 9.17) is 9.15 Å². The zero-order chi connectivity index (χ0) is 20.9. The Kier molecular flexibility index (Phi) is 6.95. The second kappa shape index (κ2) is 9.00. The van der Waals surface area contributed by atoms with Crippen molar-refractivity contribution in [2.24, 2.45) is 0 Å². The first kappa shape index (κ1) is 21.6. The Labute approximate surface area is 163 Å². The third-order valence-corrected chi connectivity index (χ3v) is 5.38. The predicted octanol–water partition coefficient (Wildman–Crippen LogP) is 1.28. The second-order valence-corrected chi connectivity index (χ2v) is 7.95. The van der Waals surface area contributed by atoms with Gasteiger partial charge in [0.05, 0.1) is 17.1 Å². The minimum Gasteiger partial charge on any atom is -0.466 e. The summed E-state index contributed by atoms with van der Waals surface area (Å²) >= 11 is 0. The summed E-state index contributed by atoms with van der Waals surface area (Å²) in [6.45, 7) is 5.26. The molecule has 0 spiro atoms. The summed E-state index contributed by atoms with van der Waals surface area (Å²) in [5.41, 5.74) is 5.07. The number of rotatable bonds is 7. The van der Waals surface area contributed by atoms with Crippen molar-refractivity contribution in [2.75, 3.05) is 13.7 Å². The average molecular weight is 409 g/mol. The molecule has 0 saturated heterocycles. The largest absolute Gasteiger partial charge is 0.466 e. The highest BCUT2D eigenvalue weighted by Gasteiger charge is 2.18. The Morgan fingerprint density at radius 1 is 1.11 bits per heavy atom. The van der Waals surface area contributed by atoms with Gasteiger partial charge in [-0.1, -0.05) is 0 Å². The molecule has 1 atom stereocenters. The zero-order valence-electron chi connectivity index (χ0n) is 16.0. The van der Waals surface area contributed by atoms with Gasteiger partial charge in [0, 0.05) is 18.7 Å². The lowest BCUT2D eigenvalue weighted by atomic mass is 10.2. The molecule has 2 amide bonds. The number of carbonyl (C=O) groups is 2. The van der Waals surface area contributed by atoms with Crippen LogP contribution in [0.4, 0.5) is 0 Å². The topological polar surface area (TPSA) is 127 Å². The summed E-state index contributed by atoms with van der Waals surface area (Å²) in [4.78, 5) is 24.3. The summed E-state index contributed by atoms with van der Waals surface area (Å²) in [6.07, 6.45) is 0. The summed E-state index contributed by atoms with van der Waals surface area (Å²) < 4.78 is 37.2. The highest BCUT2D eigenvalue weighted by Crippen LogP contribution is 2.13. The highest BCUT2D eigenvalue weighted by atomic mass is 32.2. The van der Waals surface area contributed by atoms with Gasteiger partial charge in [-0.25, -0.2) is 13.1 Å². The van der Waals surface area contributed by atoms with Crippen molar-refractivity contribution in [3.63, 3.8) is 0 Å². The van der Waals surface area contributed by atoms with E-state index in [2.05, 4.69) is 15.6 Å². The van der Waals surface area contributed by atoms with Gasteiger partial charge in [0.2, 0.25) is 10.0 Å². The summed E-state index contributed by atoms with van der Waals surface area (Å²) in [5.74, 6) is -0.0812. The summed E-state index contributed by atoms with van der Waals surface area (Å²) in [6, 6.07) is 6.48. The van der Waals surface area contributed by atoms with Crippen LogP contribution in [0.3, 0.4) is 0 Å². The quantitative estimate of drug-likeness (QED) is 0.592. The van der Waals surface area contributed by atoms with Crippen molar-refractivity contribution in [1.29, 1.82) is 0 Å². The molecule has 3 N–H and O–H groups in total. The van der Waals surface area contributed by atoms with Crippen LogP contribution in [0.2, 0.25) is 0 Å². The molecule has 152 valence electrons. The normalized spacial score (nSPS) is 12.4. The van der Waals surface area contributed by atoms with Crippen LogP contribution in [-0.2, 0) is 14.8 Å². The van der Waals surface area contributed by atoms with Crippen molar-refractivity contribution < 1.29 is 27.2 Å². The fraction of sp³-hybridized carbons (Fsp3) is 0.333. The number of furan rings is 1. The molecule has 1 aromatic heterocycles. The molecule has 0 bridgehead atoms. The molecule has 0 radical (unpaired) electrons. The molecule has 9 nitrogen and oxygen atoms in total. The first-order valence-electron chi connectivity index (χ1n) is 8.43. The summed E-state index contributed by atoms with van der Waals surface area (Å²) in [5, 5.41) is 0. The number of hydrogen-bond acceptors (Lipinski definition) is 6. The van der Waals surface area contributed by atoms with Crippen LogP contribution in [0.25, 0.3) is 0 Å². The molecule has 10 heteroatoms. The maximum absolute atomic E-state index is 12.3. The zero-order valence-corrected chi connectivity index (χ0v) is 16.8. The Bertz CT molecular complexity index is 950. The first-order valence-corrected chi connectivity index (χ1v) is 9.91. The van der Waals surface area contributed by atoms with E-state index < -0.39 is 27.9 Å². The predicted molar refractivity (Wildman–Crippen MR) is 101 cm³/mol. The van der Waals surface area contributed by atoms with E-state index in [-0.39, 0.29) is 17.1 Å². The smallest absolute Gasteiger partial charge is 0.273 e. The first-order chi connectivity index (χ1) is 13.1. The fourth-order valence-electron chi connectivity index (χ4n) is 2.51. The van der Waals surface area contributed by atoms with E-state index in [0.717, 1.165) is 0 Å². The van der Waals surface area contributed by atoms with Crippen LogP contribution in [0.1, 0.15) is 39.2 Å². The van der Waals surface area contributed by atoms with Crippen LogP contribution in [0.15, 0.2) is 39.6 Å². The average Bonchev–Trinajstić information content (AvgIpc) is 2.97. The van der Waals surface area contributed by atoms with Crippen molar-refractivity contribution in [2.45, 2.75) is 31.7 Å². The van der Waals surface area contributed by atoms with Crippen LogP contribution >= 0.6 is 0 Å². The Morgan fingerprint density at radius 2 is 1.71 bits per heavy atom. The number of nitrogens with one attached hydrogen (secondary N) is 3. The van der Waals surface area contributed by atoms with E-state index in [0.29, 0.717) is 17.1 Å². The second-order valence-electron chi connectivity index (χ2n) is 6.24. The summed E-state index contributed by atoms with van der Waals surface area (Å²) in [7, 11) is -2.25. The van der Waals surface area contributed by atoms with Crippen LogP contribution in [0, 0.1) is 13.8 Å². The van der Waals surface area contributed by atoms with Gasteiger partial charge in [-0.15, -0.1) is 0 Å². The third-order valence-electron chi connectivity index (χ3n) is 3.77. The molecular formula is C18H23N3O6S. The SMILES string of the molecule is COC[C@@H](C)NS(=O)(=O)c1ccc(C(=O)NNC(=O)c2cc(C)oc2C)cc1. The molecular weight excluding hydrogens is 386 g/mol. The van der Waals surface area contributed by atoms with E-state index in [9.17, 15) is 18.0 Å². The maximum atomic E-state index is 12.3. The van der Waals surface area contributed by atoms with Crippen molar-refractivity contribution in [3.8, 4) is 0 Å². The number of aryl methyl sites for hydroxylation is 2. The number of methoxy groups -OCH3 is 1. The maximum Gasteiger partial charge on any atom is 0.273 e. The number of ether oxygens (including phenoxy) is 1. The Morgan fingerprint density at radius 3 is 2.25 bits per heavy atom. The van der Waals surface area contributed by atoms with Crippen molar-refractivity contribution in [3.05, 3.63) is 53.0 Å². The minimum absolute atomic E-state index is 0.0144. The lowest BCUT2D eigenvalue weighted by Crippen LogP contribution is -2.41. The Balaban J connectivity index is 1.99. The molecule has 0 unspecified atom stereocenters. The molecule has 0 aliphatic rings. The van der Waals surface area contributed by atoms with Crippen molar-refractivity contribution in [1.82, 2.24) is 15.6 Å². The number of hydrazine groups is 1. The van der Waals surface area contributed by atoms with Gasteiger partial charge in [-0.05, 0) is 51.1 Å². The standard InChI is InChI=1S/C18H23N3O6S/c1-11(10-26-4)21-28(24,25)15-7-5-14(6-8-15)17(22)19-20-18(23)16-9-12(2)27-13(16)3/h5-9,11,21H,10H2,1-4H3,(H,19,22)(H,20,23)/t11-/m1/s1. The number of carbonyl (C=O) groups excluding carboxylic acids is 2. The number of hydrogen-bond donors (Lipinski definition) is 3.